The first-order chi connectivity index (χ1) is 4.83. The first-order valence-electron chi connectivity index (χ1n) is 4.21. The fourth-order valence-corrected chi connectivity index (χ4v) is 1.53. The molecule has 0 aliphatic heterocycles. The van der Waals surface area contributed by atoms with Crippen LogP contribution in [0.1, 0.15) is 32.6 Å². The minimum Gasteiger partial charge on any atom is -0.308 e. The number of nitrogens with one attached hydrogen (secondary N) is 1. The summed E-state index contributed by atoms with van der Waals surface area (Å²) in [5.41, 5.74) is 0. The summed E-state index contributed by atoms with van der Waals surface area (Å²) in [5, 5.41) is 3.51. The Kier molecular flexibility index (Phi) is 2.94. The van der Waals surface area contributed by atoms with E-state index in [1.165, 1.54) is 25.7 Å². The van der Waals surface area contributed by atoms with Crippen molar-refractivity contribution in [2.45, 2.75) is 44.7 Å². The van der Waals surface area contributed by atoms with Crippen LogP contribution in [-0.2, 0) is 0 Å². The quantitative estimate of drug-likeness (QED) is 0.590. The predicted octanol–water partition coefficient (Wildman–Crippen LogP) is 2.09. The zero-order valence-corrected chi connectivity index (χ0v) is 6.77. The Hall–Kier alpha value is -0.300. The van der Waals surface area contributed by atoms with Gasteiger partial charge in [-0.3, -0.25) is 0 Å². The highest BCUT2D eigenvalue weighted by Gasteiger charge is 2.14. The Balaban J connectivity index is 2.17. The van der Waals surface area contributed by atoms with Gasteiger partial charge in [0.2, 0.25) is 0 Å². The SMILES string of the molecule is C=CC(C)NC1CCCC1. The summed E-state index contributed by atoms with van der Waals surface area (Å²) >= 11 is 0. The van der Waals surface area contributed by atoms with Gasteiger partial charge in [0, 0.05) is 12.1 Å². The van der Waals surface area contributed by atoms with E-state index in [4.69, 9.17) is 0 Å². The van der Waals surface area contributed by atoms with E-state index in [0.717, 1.165) is 6.04 Å². The van der Waals surface area contributed by atoms with Crippen LogP contribution in [0.3, 0.4) is 0 Å². The van der Waals surface area contributed by atoms with Crippen LogP contribution < -0.4 is 5.32 Å². The molecule has 0 aromatic rings. The first kappa shape index (κ1) is 7.80. The summed E-state index contributed by atoms with van der Waals surface area (Å²) in [4.78, 5) is 0. The van der Waals surface area contributed by atoms with Crippen molar-refractivity contribution in [1.29, 1.82) is 0 Å². The van der Waals surface area contributed by atoms with E-state index in [9.17, 15) is 0 Å². The standard InChI is InChI=1S/C9H17N/c1-3-8(2)10-9-6-4-5-7-9/h3,8-10H,1,4-7H2,2H3. The third-order valence-electron chi connectivity index (χ3n) is 2.21. The van der Waals surface area contributed by atoms with E-state index >= 15 is 0 Å². The summed E-state index contributed by atoms with van der Waals surface area (Å²) in [5.74, 6) is 0. The van der Waals surface area contributed by atoms with Crippen molar-refractivity contribution in [3.05, 3.63) is 12.7 Å². The van der Waals surface area contributed by atoms with Crippen molar-refractivity contribution in [3.8, 4) is 0 Å². The van der Waals surface area contributed by atoms with Crippen LogP contribution in [0.4, 0.5) is 0 Å². The molecule has 1 saturated carbocycles. The molecular formula is C9H17N. The average Bonchev–Trinajstić information content (AvgIpc) is 2.40. The van der Waals surface area contributed by atoms with Gasteiger partial charge in [-0.15, -0.1) is 6.58 Å². The van der Waals surface area contributed by atoms with E-state index in [1.54, 1.807) is 0 Å². The number of hydrogen-bond donors (Lipinski definition) is 1. The first-order valence-corrected chi connectivity index (χ1v) is 4.21. The van der Waals surface area contributed by atoms with Gasteiger partial charge >= 0.3 is 0 Å². The normalized spacial score (nSPS) is 22.9. The van der Waals surface area contributed by atoms with Gasteiger partial charge in [0.05, 0.1) is 0 Å². The van der Waals surface area contributed by atoms with Gasteiger partial charge in [0.25, 0.3) is 0 Å². The molecule has 0 radical (unpaired) electrons. The third kappa shape index (κ3) is 2.14. The van der Waals surface area contributed by atoms with E-state index in [2.05, 4.69) is 18.8 Å². The van der Waals surface area contributed by atoms with Crippen molar-refractivity contribution in [1.82, 2.24) is 5.32 Å². The molecule has 0 amide bonds. The maximum absolute atomic E-state index is 3.74. The maximum Gasteiger partial charge on any atom is 0.0221 e. The molecule has 1 unspecified atom stereocenters. The Morgan fingerprint density at radius 1 is 1.50 bits per heavy atom. The topological polar surface area (TPSA) is 12.0 Å². The second-order valence-electron chi connectivity index (χ2n) is 3.17. The molecule has 1 aliphatic rings. The van der Waals surface area contributed by atoms with E-state index < -0.39 is 0 Å². The molecule has 58 valence electrons. The van der Waals surface area contributed by atoms with Crippen molar-refractivity contribution in [2.75, 3.05) is 0 Å². The molecule has 1 fully saturated rings. The molecule has 1 heteroatoms. The van der Waals surface area contributed by atoms with Crippen LogP contribution in [0.2, 0.25) is 0 Å². The van der Waals surface area contributed by atoms with Gasteiger partial charge in [-0.1, -0.05) is 18.9 Å². The average molecular weight is 139 g/mol. The Labute approximate surface area is 63.5 Å². The lowest BCUT2D eigenvalue weighted by Crippen LogP contribution is -2.32. The van der Waals surface area contributed by atoms with Gasteiger partial charge in [-0.25, -0.2) is 0 Å². The lowest BCUT2D eigenvalue weighted by Gasteiger charge is -2.15. The van der Waals surface area contributed by atoms with Gasteiger partial charge < -0.3 is 5.32 Å². The summed E-state index contributed by atoms with van der Waals surface area (Å²) < 4.78 is 0. The van der Waals surface area contributed by atoms with E-state index in [0.29, 0.717) is 6.04 Å². The van der Waals surface area contributed by atoms with Crippen LogP contribution in [0, 0.1) is 0 Å². The number of hydrogen-bond acceptors (Lipinski definition) is 1. The van der Waals surface area contributed by atoms with E-state index in [1.807, 2.05) is 6.08 Å². The van der Waals surface area contributed by atoms with Crippen LogP contribution in [0.25, 0.3) is 0 Å². The molecule has 0 spiro atoms. The minimum absolute atomic E-state index is 0.489. The minimum atomic E-state index is 0.489. The predicted molar refractivity (Wildman–Crippen MR) is 45.1 cm³/mol. The molecule has 1 rings (SSSR count). The summed E-state index contributed by atoms with van der Waals surface area (Å²) in [7, 11) is 0. The second-order valence-corrected chi connectivity index (χ2v) is 3.17. The van der Waals surface area contributed by atoms with Crippen molar-refractivity contribution < 1.29 is 0 Å². The maximum atomic E-state index is 3.74. The molecule has 1 nitrogen and oxygen atoms in total. The summed E-state index contributed by atoms with van der Waals surface area (Å²) in [6.45, 7) is 5.90. The van der Waals surface area contributed by atoms with E-state index in [-0.39, 0.29) is 0 Å². The molecule has 0 aromatic heterocycles. The lowest BCUT2D eigenvalue weighted by atomic mass is 10.2. The molecule has 0 heterocycles. The fourth-order valence-electron chi connectivity index (χ4n) is 1.53. The summed E-state index contributed by atoms with van der Waals surface area (Å²) in [6, 6.07) is 1.26. The van der Waals surface area contributed by atoms with Gasteiger partial charge in [-0.2, -0.15) is 0 Å². The molecular weight excluding hydrogens is 122 g/mol. The molecule has 0 aromatic carbocycles. The van der Waals surface area contributed by atoms with Crippen LogP contribution >= 0.6 is 0 Å². The monoisotopic (exact) mass is 139 g/mol. The van der Waals surface area contributed by atoms with Gasteiger partial charge in [-0.05, 0) is 19.8 Å². The largest absolute Gasteiger partial charge is 0.308 e. The van der Waals surface area contributed by atoms with Crippen LogP contribution in [0.5, 0.6) is 0 Å². The Bertz CT molecular complexity index is 103. The highest BCUT2D eigenvalue weighted by Crippen LogP contribution is 2.17. The highest BCUT2D eigenvalue weighted by atomic mass is 14.9. The zero-order chi connectivity index (χ0) is 7.40. The molecule has 10 heavy (non-hydrogen) atoms. The Morgan fingerprint density at radius 3 is 2.60 bits per heavy atom. The van der Waals surface area contributed by atoms with Crippen molar-refractivity contribution in [3.63, 3.8) is 0 Å². The van der Waals surface area contributed by atoms with Crippen LogP contribution in [0.15, 0.2) is 12.7 Å². The van der Waals surface area contributed by atoms with Gasteiger partial charge in [0.1, 0.15) is 0 Å². The Morgan fingerprint density at radius 2 is 2.10 bits per heavy atom. The lowest BCUT2D eigenvalue weighted by molar-refractivity contribution is 0.496. The smallest absolute Gasteiger partial charge is 0.0221 e. The molecule has 1 N–H and O–H groups in total. The molecule has 1 aliphatic carbocycles. The third-order valence-corrected chi connectivity index (χ3v) is 2.21. The van der Waals surface area contributed by atoms with Crippen molar-refractivity contribution in [2.24, 2.45) is 0 Å². The molecule has 1 atom stereocenters. The second kappa shape index (κ2) is 3.77. The molecule has 0 saturated heterocycles. The van der Waals surface area contributed by atoms with Crippen molar-refractivity contribution >= 4 is 0 Å². The zero-order valence-electron chi connectivity index (χ0n) is 6.77. The summed E-state index contributed by atoms with van der Waals surface area (Å²) in [6.07, 6.45) is 7.50. The molecule has 0 bridgehead atoms. The highest BCUT2D eigenvalue weighted by molar-refractivity contribution is 4.86. The fraction of sp³-hybridized carbons (Fsp3) is 0.778. The number of rotatable bonds is 3. The van der Waals surface area contributed by atoms with Crippen LogP contribution in [-0.4, -0.2) is 12.1 Å². The van der Waals surface area contributed by atoms with Gasteiger partial charge in [0.15, 0.2) is 0 Å².